The van der Waals surface area contributed by atoms with Gasteiger partial charge in [0.25, 0.3) is 0 Å². The molecule has 1 heterocycles. The highest BCUT2D eigenvalue weighted by Gasteiger charge is 2.57. The van der Waals surface area contributed by atoms with Crippen molar-refractivity contribution in [3.8, 4) is 0 Å². The van der Waals surface area contributed by atoms with Crippen molar-refractivity contribution in [2.45, 2.75) is 72.6 Å². The highest BCUT2D eigenvalue weighted by atomic mass is 16.1. The molecule has 0 amide bonds. The molecule has 2 fully saturated rings. The van der Waals surface area contributed by atoms with Crippen molar-refractivity contribution in [2.75, 3.05) is 0 Å². The summed E-state index contributed by atoms with van der Waals surface area (Å²) in [5, 5.41) is 0. The van der Waals surface area contributed by atoms with Crippen LogP contribution in [-0.2, 0) is 4.79 Å². The SMILES string of the molecule is CC.C[C@]12CCC(=O)C=C1CCC1C2CC[C@]2(C)C(n3cnc4ccccc43)=CCC12. The van der Waals surface area contributed by atoms with E-state index < -0.39 is 0 Å². The van der Waals surface area contributed by atoms with Crippen molar-refractivity contribution in [1.29, 1.82) is 0 Å². The number of para-hydroxylation sites is 2. The second kappa shape index (κ2) is 7.46. The van der Waals surface area contributed by atoms with Gasteiger partial charge in [-0.15, -0.1) is 0 Å². The Hall–Kier alpha value is -2.16. The van der Waals surface area contributed by atoms with E-state index >= 15 is 0 Å². The summed E-state index contributed by atoms with van der Waals surface area (Å²) in [6, 6.07) is 8.50. The van der Waals surface area contributed by atoms with Gasteiger partial charge in [-0.3, -0.25) is 4.79 Å². The molecule has 2 saturated carbocycles. The van der Waals surface area contributed by atoms with Gasteiger partial charge in [-0.05, 0) is 79.9 Å². The van der Waals surface area contributed by atoms with Crippen molar-refractivity contribution in [1.82, 2.24) is 9.55 Å². The van der Waals surface area contributed by atoms with Crippen molar-refractivity contribution >= 4 is 22.5 Å². The third kappa shape index (κ3) is 2.92. The lowest BCUT2D eigenvalue weighted by Crippen LogP contribution is -2.50. The fourth-order valence-electron chi connectivity index (χ4n) is 7.63. The van der Waals surface area contributed by atoms with Crippen LogP contribution in [0.2, 0.25) is 0 Å². The van der Waals surface area contributed by atoms with Crippen LogP contribution in [0.15, 0.2) is 48.3 Å². The summed E-state index contributed by atoms with van der Waals surface area (Å²) < 4.78 is 2.37. The molecule has 0 aliphatic heterocycles. The number of benzene rings is 1. The first kappa shape index (κ1) is 20.7. The molecule has 164 valence electrons. The van der Waals surface area contributed by atoms with E-state index in [1.54, 1.807) is 0 Å². The summed E-state index contributed by atoms with van der Waals surface area (Å²) in [5.74, 6) is 2.58. The molecule has 6 rings (SSSR count). The molecule has 4 aliphatic rings. The normalized spacial score (nSPS) is 36.5. The van der Waals surface area contributed by atoms with Gasteiger partial charge < -0.3 is 4.57 Å². The van der Waals surface area contributed by atoms with Crippen LogP contribution in [-0.4, -0.2) is 15.3 Å². The molecule has 3 heteroatoms. The average Bonchev–Trinajstić information content (AvgIpc) is 3.36. The quantitative estimate of drug-likeness (QED) is 0.499. The Morgan fingerprint density at radius 3 is 2.65 bits per heavy atom. The number of ketones is 1. The van der Waals surface area contributed by atoms with Gasteiger partial charge in [-0.25, -0.2) is 4.98 Å². The van der Waals surface area contributed by atoms with E-state index in [2.05, 4.69) is 53.7 Å². The van der Waals surface area contributed by atoms with Gasteiger partial charge >= 0.3 is 0 Å². The van der Waals surface area contributed by atoms with Gasteiger partial charge in [0.15, 0.2) is 5.78 Å². The molecule has 1 aromatic heterocycles. The summed E-state index contributed by atoms with van der Waals surface area (Å²) in [4.78, 5) is 16.7. The van der Waals surface area contributed by atoms with Crippen LogP contribution in [0, 0.1) is 28.6 Å². The number of imidazole rings is 1. The Morgan fingerprint density at radius 1 is 1.00 bits per heavy atom. The Morgan fingerprint density at radius 2 is 1.81 bits per heavy atom. The molecule has 0 radical (unpaired) electrons. The average molecular weight is 417 g/mol. The molecule has 2 aromatic rings. The number of rotatable bonds is 1. The van der Waals surface area contributed by atoms with E-state index in [9.17, 15) is 4.79 Å². The van der Waals surface area contributed by atoms with E-state index in [0.717, 1.165) is 36.6 Å². The Balaban J connectivity index is 0.000000994. The molecule has 0 spiro atoms. The minimum absolute atomic E-state index is 0.229. The maximum Gasteiger partial charge on any atom is 0.155 e. The zero-order valence-corrected chi connectivity index (χ0v) is 19.5. The van der Waals surface area contributed by atoms with E-state index in [1.165, 1.54) is 42.5 Å². The second-order valence-corrected chi connectivity index (χ2v) is 10.4. The van der Waals surface area contributed by atoms with Gasteiger partial charge in [0.2, 0.25) is 0 Å². The van der Waals surface area contributed by atoms with Gasteiger partial charge in [0.1, 0.15) is 6.33 Å². The standard InChI is InChI=1S/C26H30N2O.C2H6/c1-25-13-11-18(29)15-17(25)7-8-19-20-9-10-24(26(20,2)14-12-21(19)25)28-16-27-22-5-3-4-6-23(22)28;1-2/h3-6,10,15-16,19-21H,7-9,11-14H2,1-2H3;1-2H3/t19?,20?,21?,25-,26-;/m0./s1. The van der Waals surface area contributed by atoms with Crippen LogP contribution >= 0.6 is 0 Å². The molecule has 4 aliphatic carbocycles. The maximum absolute atomic E-state index is 12.0. The number of aromatic nitrogens is 2. The molecule has 0 saturated heterocycles. The van der Waals surface area contributed by atoms with Crippen LogP contribution in [0.5, 0.6) is 0 Å². The third-order valence-electron chi connectivity index (χ3n) is 9.21. The molecule has 5 atom stereocenters. The zero-order chi connectivity index (χ0) is 21.8. The molecular weight excluding hydrogens is 380 g/mol. The molecule has 0 N–H and O–H groups in total. The molecular formula is C28H36N2O. The summed E-state index contributed by atoms with van der Waals surface area (Å²) >= 11 is 0. The molecule has 3 nitrogen and oxygen atoms in total. The fourth-order valence-corrected chi connectivity index (χ4v) is 7.63. The topological polar surface area (TPSA) is 34.9 Å². The van der Waals surface area contributed by atoms with Crippen molar-refractivity contribution in [2.24, 2.45) is 28.6 Å². The van der Waals surface area contributed by atoms with Crippen molar-refractivity contribution < 1.29 is 4.79 Å². The summed E-state index contributed by atoms with van der Waals surface area (Å²) in [5.41, 5.74) is 5.73. The van der Waals surface area contributed by atoms with Crippen LogP contribution in [0.1, 0.15) is 72.6 Å². The second-order valence-electron chi connectivity index (χ2n) is 10.4. The largest absolute Gasteiger partial charge is 0.302 e. The first-order valence-corrected chi connectivity index (χ1v) is 12.4. The van der Waals surface area contributed by atoms with Gasteiger partial charge in [-0.2, -0.15) is 0 Å². The fraction of sp³-hybridized carbons (Fsp3) is 0.571. The minimum atomic E-state index is 0.229. The highest BCUT2D eigenvalue weighted by Crippen LogP contribution is 2.66. The number of carbonyl (C=O) groups is 1. The minimum Gasteiger partial charge on any atom is -0.302 e. The monoisotopic (exact) mass is 416 g/mol. The predicted molar refractivity (Wildman–Crippen MR) is 127 cm³/mol. The number of nitrogens with zero attached hydrogens (tertiary/aromatic N) is 2. The molecule has 31 heavy (non-hydrogen) atoms. The van der Waals surface area contributed by atoms with E-state index in [1.807, 2.05) is 26.3 Å². The lowest BCUT2D eigenvalue weighted by molar-refractivity contribution is -0.117. The van der Waals surface area contributed by atoms with Crippen LogP contribution < -0.4 is 0 Å². The summed E-state index contributed by atoms with van der Waals surface area (Å²) in [6.45, 7) is 8.98. The van der Waals surface area contributed by atoms with Gasteiger partial charge in [0.05, 0.1) is 11.0 Å². The highest BCUT2D eigenvalue weighted by molar-refractivity contribution is 5.91. The third-order valence-corrected chi connectivity index (χ3v) is 9.21. The Kier molecular flexibility index (Phi) is 4.99. The van der Waals surface area contributed by atoms with Crippen molar-refractivity contribution in [3.63, 3.8) is 0 Å². The van der Waals surface area contributed by atoms with Gasteiger partial charge in [-0.1, -0.05) is 51.5 Å². The van der Waals surface area contributed by atoms with Gasteiger partial charge in [0, 0.05) is 17.5 Å². The van der Waals surface area contributed by atoms with Crippen LogP contribution in [0.25, 0.3) is 16.7 Å². The summed E-state index contributed by atoms with van der Waals surface area (Å²) in [7, 11) is 0. The Bertz CT molecular complexity index is 1080. The first-order chi connectivity index (χ1) is 15.0. The lowest BCUT2D eigenvalue weighted by Gasteiger charge is -2.57. The van der Waals surface area contributed by atoms with Crippen molar-refractivity contribution in [3.05, 3.63) is 48.3 Å². The smallest absolute Gasteiger partial charge is 0.155 e. The zero-order valence-electron chi connectivity index (χ0n) is 19.5. The van der Waals surface area contributed by atoms with E-state index in [4.69, 9.17) is 0 Å². The lowest BCUT2D eigenvalue weighted by atomic mass is 9.47. The molecule has 1 aromatic carbocycles. The number of hydrogen-bond donors (Lipinski definition) is 0. The predicted octanol–water partition coefficient (Wildman–Crippen LogP) is 7.05. The number of carbonyl (C=O) groups excluding carboxylic acids is 1. The maximum atomic E-state index is 12.0. The number of allylic oxidation sites excluding steroid dienone is 4. The summed E-state index contributed by atoms with van der Waals surface area (Å²) in [6.07, 6.45) is 14.5. The number of fused-ring (bicyclic) bond motifs is 6. The van der Waals surface area contributed by atoms with E-state index in [-0.39, 0.29) is 10.8 Å². The van der Waals surface area contributed by atoms with E-state index in [0.29, 0.717) is 11.7 Å². The Labute approximate surface area is 186 Å². The van der Waals surface area contributed by atoms with Crippen LogP contribution in [0.3, 0.4) is 0 Å². The molecule has 0 bridgehead atoms. The van der Waals surface area contributed by atoms with Crippen LogP contribution in [0.4, 0.5) is 0 Å². The number of hydrogen-bond acceptors (Lipinski definition) is 2. The molecule has 3 unspecified atom stereocenters. The first-order valence-electron chi connectivity index (χ1n) is 12.4.